The van der Waals surface area contributed by atoms with E-state index in [1.54, 1.807) is 0 Å². The van der Waals surface area contributed by atoms with Crippen molar-refractivity contribution in [2.75, 3.05) is 5.32 Å². The van der Waals surface area contributed by atoms with Gasteiger partial charge in [0.15, 0.2) is 0 Å². The second-order valence-corrected chi connectivity index (χ2v) is 4.11. The molecule has 6 nitrogen and oxygen atoms in total. The first kappa shape index (κ1) is 13.9. The van der Waals surface area contributed by atoms with E-state index in [0.717, 1.165) is 12.3 Å². The zero-order valence-corrected chi connectivity index (χ0v) is 10.6. The molecule has 1 aromatic heterocycles. The minimum Gasteiger partial charge on any atom is -0.322 e. The van der Waals surface area contributed by atoms with E-state index in [4.69, 9.17) is 11.6 Å². The summed E-state index contributed by atoms with van der Waals surface area (Å²) < 4.78 is 13.0. The minimum atomic E-state index is -0.710. The Hall–Kier alpha value is -2.54. The van der Waals surface area contributed by atoms with Crippen LogP contribution in [0.15, 0.2) is 36.5 Å². The van der Waals surface area contributed by atoms with Crippen LogP contribution in [0.3, 0.4) is 0 Å². The molecule has 1 aromatic carbocycles. The van der Waals surface area contributed by atoms with Crippen LogP contribution in [-0.4, -0.2) is 15.8 Å². The van der Waals surface area contributed by atoms with Crippen molar-refractivity contribution in [3.63, 3.8) is 0 Å². The Bertz CT molecular complexity index is 693. The van der Waals surface area contributed by atoms with Gasteiger partial charge in [0.2, 0.25) is 0 Å². The Morgan fingerprint density at radius 3 is 2.85 bits per heavy atom. The Kier molecular flexibility index (Phi) is 3.90. The SMILES string of the molecule is O=C(Nc1cccc([N+](=O)[O-])c1)c1cc(F)cnc1Cl. The van der Waals surface area contributed by atoms with Gasteiger partial charge in [-0.15, -0.1) is 0 Å². The molecule has 102 valence electrons. The number of anilines is 1. The second kappa shape index (κ2) is 5.62. The summed E-state index contributed by atoms with van der Waals surface area (Å²) in [4.78, 5) is 25.4. The zero-order valence-electron chi connectivity index (χ0n) is 9.84. The fourth-order valence-corrected chi connectivity index (χ4v) is 1.67. The lowest BCUT2D eigenvalue weighted by Crippen LogP contribution is -2.13. The number of nitrogens with zero attached hydrogens (tertiary/aromatic N) is 2. The van der Waals surface area contributed by atoms with Crippen LogP contribution >= 0.6 is 11.6 Å². The number of carbonyl (C=O) groups excluding carboxylic acids is 1. The number of nitro benzene ring substituents is 1. The van der Waals surface area contributed by atoms with Crippen LogP contribution in [0.25, 0.3) is 0 Å². The molecule has 2 aromatic rings. The van der Waals surface area contributed by atoms with Crippen LogP contribution in [0.4, 0.5) is 15.8 Å². The third-order valence-electron chi connectivity index (χ3n) is 2.37. The van der Waals surface area contributed by atoms with E-state index in [1.165, 1.54) is 24.3 Å². The summed E-state index contributed by atoms with van der Waals surface area (Å²) in [6.07, 6.45) is 0.881. The van der Waals surface area contributed by atoms with Gasteiger partial charge in [0.05, 0.1) is 16.7 Å². The molecule has 0 aliphatic heterocycles. The van der Waals surface area contributed by atoms with Crippen LogP contribution in [0.1, 0.15) is 10.4 Å². The number of pyridine rings is 1. The van der Waals surface area contributed by atoms with Gasteiger partial charge in [-0.25, -0.2) is 9.37 Å². The van der Waals surface area contributed by atoms with Gasteiger partial charge in [0.1, 0.15) is 11.0 Å². The summed E-state index contributed by atoms with van der Waals surface area (Å²) in [5.74, 6) is -1.42. The number of nitrogens with one attached hydrogen (secondary N) is 1. The van der Waals surface area contributed by atoms with Crippen molar-refractivity contribution in [1.82, 2.24) is 4.98 Å². The molecule has 1 amide bonds. The summed E-state index contributed by atoms with van der Waals surface area (Å²) in [6.45, 7) is 0. The summed E-state index contributed by atoms with van der Waals surface area (Å²) in [5, 5.41) is 12.8. The fourth-order valence-electron chi connectivity index (χ4n) is 1.48. The molecular formula is C12H7ClFN3O3. The number of halogens is 2. The maximum atomic E-state index is 13.0. The maximum Gasteiger partial charge on any atom is 0.271 e. The van der Waals surface area contributed by atoms with Crippen molar-refractivity contribution in [3.8, 4) is 0 Å². The third kappa shape index (κ3) is 3.07. The Morgan fingerprint density at radius 2 is 2.15 bits per heavy atom. The second-order valence-electron chi connectivity index (χ2n) is 3.75. The van der Waals surface area contributed by atoms with Gasteiger partial charge in [-0.2, -0.15) is 0 Å². The Balaban J connectivity index is 2.25. The highest BCUT2D eigenvalue weighted by molar-refractivity contribution is 6.33. The van der Waals surface area contributed by atoms with Crippen LogP contribution in [0, 0.1) is 15.9 Å². The number of benzene rings is 1. The van der Waals surface area contributed by atoms with Gasteiger partial charge in [0.25, 0.3) is 11.6 Å². The van der Waals surface area contributed by atoms with Crippen LogP contribution in [0.2, 0.25) is 5.15 Å². The number of non-ortho nitro benzene ring substituents is 1. The van der Waals surface area contributed by atoms with Crippen LogP contribution in [-0.2, 0) is 0 Å². The van der Waals surface area contributed by atoms with Gasteiger partial charge in [-0.1, -0.05) is 17.7 Å². The molecule has 1 heterocycles. The monoisotopic (exact) mass is 295 g/mol. The number of carbonyl (C=O) groups is 1. The molecule has 0 aliphatic rings. The first-order valence-electron chi connectivity index (χ1n) is 5.34. The van der Waals surface area contributed by atoms with Gasteiger partial charge in [0, 0.05) is 17.8 Å². The number of hydrogen-bond acceptors (Lipinski definition) is 4. The molecular weight excluding hydrogens is 289 g/mol. The van der Waals surface area contributed by atoms with Gasteiger partial charge >= 0.3 is 0 Å². The van der Waals surface area contributed by atoms with Crippen molar-refractivity contribution in [2.45, 2.75) is 0 Å². The average molecular weight is 296 g/mol. The summed E-state index contributed by atoms with van der Waals surface area (Å²) in [5.41, 5.74) is -0.131. The first-order valence-corrected chi connectivity index (χ1v) is 5.72. The normalized spacial score (nSPS) is 10.1. The summed E-state index contributed by atoms with van der Waals surface area (Å²) >= 11 is 5.69. The number of nitro groups is 1. The van der Waals surface area contributed by atoms with Crippen LogP contribution in [0.5, 0.6) is 0 Å². The molecule has 0 radical (unpaired) electrons. The predicted molar refractivity (Wildman–Crippen MR) is 70.3 cm³/mol. The molecule has 8 heteroatoms. The van der Waals surface area contributed by atoms with Crippen molar-refractivity contribution < 1.29 is 14.1 Å². The summed E-state index contributed by atoms with van der Waals surface area (Å²) in [6, 6.07) is 6.28. The molecule has 0 atom stereocenters. The predicted octanol–water partition coefficient (Wildman–Crippen LogP) is 3.03. The lowest BCUT2D eigenvalue weighted by Gasteiger charge is -2.06. The molecule has 0 saturated heterocycles. The highest BCUT2D eigenvalue weighted by Crippen LogP contribution is 2.19. The maximum absolute atomic E-state index is 13.0. The molecule has 0 aliphatic carbocycles. The first-order chi connectivity index (χ1) is 9.47. The van der Waals surface area contributed by atoms with E-state index >= 15 is 0 Å². The lowest BCUT2D eigenvalue weighted by atomic mass is 10.2. The smallest absolute Gasteiger partial charge is 0.271 e. The van der Waals surface area contributed by atoms with Crippen molar-refractivity contribution in [3.05, 3.63) is 63.2 Å². The standard InChI is InChI=1S/C12H7ClFN3O3/c13-11-10(4-7(14)6-15-11)12(18)16-8-2-1-3-9(5-8)17(19)20/h1-6H,(H,16,18). The quantitative estimate of drug-likeness (QED) is 0.536. The number of aromatic nitrogens is 1. The highest BCUT2D eigenvalue weighted by Gasteiger charge is 2.14. The van der Waals surface area contributed by atoms with E-state index < -0.39 is 16.6 Å². The molecule has 20 heavy (non-hydrogen) atoms. The lowest BCUT2D eigenvalue weighted by molar-refractivity contribution is -0.384. The van der Waals surface area contributed by atoms with Crippen molar-refractivity contribution >= 4 is 28.9 Å². The molecule has 0 fully saturated rings. The van der Waals surface area contributed by atoms with E-state index in [0.29, 0.717) is 0 Å². The number of rotatable bonds is 3. The zero-order chi connectivity index (χ0) is 14.7. The van der Waals surface area contributed by atoms with Gasteiger partial charge < -0.3 is 5.32 Å². The molecule has 0 unspecified atom stereocenters. The molecule has 0 saturated carbocycles. The number of hydrogen-bond donors (Lipinski definition) is 1. The van der Waals surface area contributed by atoms with E-state index in [1.807, 2.05) is 0 Å². The van der Waals surface area contributed by atoms with Crippen molar-refractivity contribution in [2.24, 2.45) is 0 Å². The van der Waals surface area contributed by atoms with E-state index in [2.05, 4.69) is 10.3 Å². The largest absolute Gasteiger partial charge is 0.322 e. The minimum absolute atomic E-state index is 0.154. The molecule has 0 spiro atoms. The fraction of sp³-hybridized carbons (Fsp3) is 0. The average Bonchev–Trinajstić information content (AvgIpc) is 2.41. The molecule has 2 rings (SSSR count). The number of amides is 1. The Morgan fingerprint density at radius 1 is 1.40 bits per heavy atom. The van der Waals surface area contributed by atoms with Gasteiger partial charge in [-0.3, -0.25) is 14.9 Å². The van der Waals surface area contributed by atoms with Crippen molar-refractivity contribution in [1.29, 1.82) is 0 Å². The van der Waals surface area contributed by atoms with Crippen LogP contribution < -0.4 is 5.32 Å². The Labute approximate surface area is 117 Å². The molecule has 0 bridgehead atoms. The van der Waals surface area contributed by atoms with E-state index in [-0.39, 0.29) is 22.1 Å². The van der Waals surface area contributed by atoms with Gasteiger partial charge in [-0.05, 0) is 12.1 Å². The highest BCUT2D eigenvalue weighted by atomic mass is 35.5. The topological polar surface area (TPSA) is 85.1 Å². The third-order valence-corrected chi connectivity index (χ3v) is 2.67. The van der Waals surface area contributed by atoms with E-state index in [9.17, 15) is 19.3 Å². The summed E-state index contributed by atoms with van der Waals surface area (Å²) in [7, 11) is 0. The molecule has 1 N–H and O–H groups in total.